The summed E-state index contributed by atoms with van der Waals surface area (Å²) in [5.41, 5.74) is 2.96. The van der Waals surface area contributed by atoms with Crippen LogP contribution in [0.4, 0.5) is 14.9 Å². The van der Waals surface area contributed by atoms with E-state index in [2.05, 4.69) is 27.1 Å². The number of rotatable bonds is 3. The van der Waals surface area contributed by atoms with E-state index in [1.165, 1.54) is 0 Å². The Hall–Kier alpha value is -3.23. The van der Waals surface area contributed by atoms with Crippen LogP contribution in [-0.4, -0.2) is 54.3 Å². The van der Waals surface area contributed by atoms with Crippen LogP contribution >= 0.6 is 11.8 Å². The summed E-state index contributed by atoms with van der Waals surface area (Å²) < 4.78 is 15.1. The van der Waals surface area contributed by atoms with E-state index in [0.29, 0.717) is 10.6 Å². The van der Waals surface area contributed by atoms with Gasteiger partial charge in [0.1, 0.15) is 5.82 Å². The van der Waals surface area contributed by atoms with E-state index in [9.17, 15) is 9.59 Å². The number of anilines is 1. The second-order valence-electron chi connectivity index (χ2n) is 7.98. The van der Waals surface area contributed by atoms with E-state index >= 15 is 4.39 Å². The number of piperazine rings is 1. The number of aromatic nitrogens is 1. The molecule has 32 heavy (non-hydrogen) atoms. The van der Waals surface area contributed by atoms with Crippen molar-refractivity contribution in [3.63, 3.8) is 0 Å². The van der Waals surface area contributed by atoms with Gasteiger partial charge in [-0.25, -0.2) is 4.39 Å². The third kappa shape index (κ3) is 3.99. The lowest BCUT2D eigenvalue weighted by atomic mass is 9.98. The van der Waals surface area contributed by atoms with Crippen molar-refractivity contribution in [2.24, 2.45) is 0 Å². The van der Waals surface area contributed by atoms with Crippen molar-refractivity contribution in [2.75, 3.05) is 38.1 Å². The van der Waals surface area contributed by atoms with Gasteiger partial charge in [0.05, 0.1) is 10.6 Å². The largest absolute Gasteiger partial charge is 0.367 e. The summed E-state index contributed by atoms with van der Waals surface area (Å²) in [6.45, 7) is 3.42. The third-order valence-corrected chi connectivity index (χ3v) is 6.64. The van der Waals surface area contributed by atoms with Crippen LogP contribution in [0.5, 0.6) is 0 Å². The maximum Gasteiger partial charge on any atom is 0.290 e. The topological polar surface area (TPSA) is 65.5 Å². The number of amides is 2. The first-order chi connectivity index (χ1) is 15.5. The van der Waals surface area contributed by atoms with E-state index in [0.717, 1.165) is 65.4 Å². The molecule has 1 aromatic heterocycles. The summed E-state index contributed by atoms with van der Waals surface area (Å²) in [7, 11) is 2.07. The molecular weight excluding hydrogens is 427 g/mol. The number of hydrogen-bond acceptors (Lipinski definition) is 6. The SMILES string of the molecule is CN1CCN(c2ccc(-c3cncc4ccc(C=C5SC(=O)NC5=O)cc34)cc2F)CC1. The summed E-state index contributed by atoms with van der Waals surface area (Å²) in [5, 5.41) is 3.70. The number of benzene rings is 2. The molecule has 1 N–H and O–H groups in total. The fourth-order valence-corrected chi connectivity index (χ4v) is 4.73. The Morgan fingerprint density at radius 1 is 1.06 bits per heavy atom. The van der Waals surface area contributed by atoms with Gasteiger partial charge >= 0.3 is 0 Å². The van der Waals surface area contributed by atoms with Gasteiger partial charge < -0.3 is 9.80 Å². The van der Waals surface area contributed by atoms with Crippen molar-refractivity contribution >= 4 is 45.4 Å². The highest BCUT2D eigenvalue weighted by atomic mass is 32.2. The number of hydrogen-bond donors (Lipinski definition) is 1. The molecule has 2 aliphatic rings. The summed E-state index contributed by atoms with van der Waals surface area (Å²) >= 11 is 0.884. The Morgan fingerprint density at radius 2 is 1.88 bits per heavy atom. The molecule has 5 rings (SSSR count). The number of likely N-dealkylation sites (N-methyl/N-ethyl adjacent to an activating group) is 1. The summed E-state index contributed by atoms with van der Waals surface area (Å²) in [6, 6.07) is 11.0. The highest BCUT2D eigenvalue weighted by Crippen LogP contribution is 2.33. The highest BCUT2D eigenvalue weighted by Gasteiger charge is 2.25. The number of pyridine rings is 1. The highest BCUT2D eigenvalue weighted by molar-refractivity contribution is 8.18. The molecule has 2 saturated heterocycles. The number of carbonyl (C=O) groups is 2. The van der Waals surface area contributed by atoms with Crippen LogP contribution in [0.3, 0.4) is 0 Å². The minimum Gasteiger partial charge on any atom is -0.367 e. The molecule has 6 nitrogen and oxygen atoms in total. The standard InChI is InChI=1S/C24H21FN4O2S/c1-28-6-8-29(9-7-28)21-5-4-16(12-20(21)25)19-14-26-13-17-3-2-15(10-18(17)19)11-22-23(30)27-24(31)32-22/h2-5,10-14H,6-9H2,1H3,(H,27,30,31). The number of fused-ring (bicyclic) bond motifs is 1. The average Bonchev–Trinajstić information content (AvgIpc) is 3.10. The molecule has 3 aromatic rings. The van der Waals surface area contributed by atoms with Gasteiger partial charge in [0.2, 0.25) is 0 Å². The molecule has 0 saturated carbocycles. The molecule has 2 amide bonds. The summed E-state index contributed by atoms with van der Waals surface area (Å²) in [6.07, 6.45) is 5.17. The molecule has 2 aliphatic heterocycles. The lowest BCUT2D eigenvalue weighted by Gasteiger charge is -2.34. The van der Waals surface area contributed by atoms with Crippen LogP contribution in [0.25, 0.3) is 28.0 Å². The van der Waals surface area contributed by atoms with Gasteiger partial charge in [-0.3, -0.25) is 19.9 Å². The quantitative estimate of drug-likeness (QED) is 0.608. The normalized spacial score (nSPS) is 18.6. The molecule has 3 heterocycles. The van der Waals surface area contributed by atoms with Crippen LogP contribution in [0, 0.1) is 5.82 Å². The smallest absolute Gasteiger partial charge is 0.290 e. The van der Waals surface area contributed by atoms with Crippen molar-refractivity contribution < 1.29 is 14.0 Å². The fourth-order valence-electron chi connectivity index (χ4n) is 4.05. The molecule has 2 fully saturated rings. The second kappa shape index (κ2) is 8.37. The first-order valence-corrected chi connectivity index (χ1v) is 11.2. The van der Waals surface area contributed by atoms with Gasteiger partial charge in [-0.15, -0.1) is 0 Å². The molecule has 0 bridgehead atoms. The van der Waals surface area contributed by atoms with Crippen molar-refractivity contribution in [3.05, 3.63) is 65.1 Å². The summed E-state index contributed by atoms with van der Waals surface area (Å²) in [5.74, 6) is -0.642. The van der Waals surface area contributed by atoms with Crippen molar-refractivity contribution in [2.45, 2.75) is 0 Å². The van der Waals surface area contributed by atoms with Crippen molar-refractivity contribution in [1.29, 1.82) is 0 Å². The molecule has 8 heteroatoms. The van der Waals surface area contributed by atoms with Crippen molar-refractivity contribution in [1.82, 2.24) is 15.2 Å². The maximum atomic E-state index is 15.1. The minimum absolute atomic E-state index is 0.250. The Balaban J connectivity index is 1.51. The van der Waals surface area contributed by atoms with Crippen LogP contribution in [-0.2, 0) is 4.79 Å². The predicted molar refractivity (Wildman–Crippen MR) is 126 cm³/mol. The molecular formula is C24H21FN4O2S. The Kier molecular flexibility index (Phi) is 5.40. The zero-order valence-electron chi connectivity index (χ0n) is 17.5. The number of nitrogens with zero attached hydrogens (tertiary/aromatic N) is 3. The number of imide groups is 1. The Bertz CT molecular complexity index is 1270. The van der Waals surface area contributed by atoms with Gasteiger partial charge in [0.25, 0.3) is 11.1 Å². The first kappa shape index (κ1) is 20.7. The van der Waals surface area contributed by atoms with E-state index in [1.807, 2.05) is 30.3 Å². The Morgan fingerprint density at radius 3 is 2.59 bits per heavy atom. The van der Waals surface area contributed by atoms with Gasteiger partial charge in [0.15, 0.2) is 0 Å². The lowest BCUT2D eigenvalue weighted by molar-refractivity contribution is -0.115. The molecule has 0 unspecified atom stereocenters. The minimum atomic E-state index is -0.392. The van der Waals surface area contributed by atoms with Gasteiger partial charge in [-0.1, -0.05) is 18.2 Å². The Labute approximate surface area is 189 Å². The number of thioether (sulfide) groups is 1. The van der Waals surface area contributed by atoms with Crippen LogP contribution < -0.4 is 10.2 Å². The van der Waals surface area contributed by atoms with Crippen molar-refractivity contribution in [3.8, 4) is 11.1 Å². The summed E-state index contributed by atoms with van der Waals surface area (Å²) in [4.78, 5) is 32.3. The van der Waals surface area contributed by atoms with Crippen LogP contribution in [0.1, 0.15) is 5.56 Å². The zero-order chi connectivity index (χ0) is 22.2. The monoisotopic (exact) mass is 448 g/mol. The lowest BCUT2D eigenvalue weighted by Crippen LogP contribution is -2.44. The number of carbonyl (C=O) groups excluding carboxylic acids is 2. The molecule has 2 aromatic carbocycles. The number of halogens is 1. The molecule has 0 radical (unpaired) electrons. The molecule has 0 spiro atoms. The van der Waals surface area contributed by atoms with E-state index in [1.54, 1.807) is 24.5 Å². The van der Waals surface area contributed by atoms with Gasteiger partial charge in [-0.05, 0) is 59.6 Å². The zero-order valence-corrected chi connectivity index (χ0v) is 18.3. The predicted octanol–water partition coefficient (Wildman–Crippen LogP) is 4.12. The van der Waals surface area contributed by atoms with E-state index in [-0.39, 0.29) is 11.1 Å². The van der Waals surface area contributed by atoms with E-state index in [4.69, 9.17) is 0 Å². The second-order valence-corrected chi connectivity index (χ2v) is 8.99. The molecule has 0 aliphatic carbocycles. The maximum absolute atomic E-state index is 15.1. The van der Waals surface area contributed by atoms with Crippen LogP contribution in [0.2, 0.25) is 0 Å². The first-order valence-electron chi connectivity index (χ1n) is 10.3. The molecule has 0 atom stereocenters. The average molecular weight is 449 g/mol. The molecule has 162 valence electrons. The third-order valence-electron chi connectivity index (χ3n) is 5.83. The number of nitrogens with one attached hydrogen (secondary N) is 1. The fraction of sp³-hybridized carbons (Fsp3) is 0.208. The van der Waals surface area contributed by atoms with Gasteiger partial charge in [-0.2, -0.15) is 0 Å². The van der Waals surface area contributed by atoms with Crippen LogP contribution in [0.15, 0.2) is 53.7 Å². The van der Waals surface area contributed by atoms with E-state index < -0.39 is 5.91 Å². The van der Waals surface area contributed by atoms with Gasteiger partial charge in [0, 0.05) is 49.5 Å².